The maximum Gasteiger partial charge on any atom is 0.111 e. The summed E-state index contributed by atoms with van der Waals surface area (Å²) in [6.07, 6.45) is -0.322. The molecule has 0 fully saturated rings. The average Bonchev–Trinajstić information content (AvgIpc) is 2.69. The second-order valence-electron chi connectivity index (χ2n) is 4.00. The summed E-state index contributed by atoms with van der Waals surface area (Å²) in [5, 5.41) is 13.5. The third-order valence-electron chi connectivity index (χ3n) is 2.40. The number of nitrogens with one attached hydrogen (secondary N) is 1. The number of benzene rings is 1. The largest absolute Gasteiger partial charge is 0.392 e. The highest BCUT2D eigenvalue weighted by molar-refractivity contribution is 7.18. The molecule has 0 amide bonds. The standard InChI is InChI=1S/C12H16N2OS/c1-8(15)7-13-9(2)12-14-10-5-3-4-6-11(10)16-12/h3-6,8-9,13,15H,7H2,1-2H3/t8-,9?/m0/s1. The quantitative estimate of drug-likeness (QED) is 0.856. The molecule has 0 aliphatic rings. The van der Waals surface area contributed by atoms with E-state index in [9.17, 15) is 5.11 Å². The molecule has 0 saturated heterocycles. The molecular weight excluding hydrogens is 220 g/mol. The Hall–Kier alpha value is -0.970. The van der Waals surface area contributed by atoms with Gasteiger partial charge < -0.3 is 10.4 Å². The van der Waals surface area contributed by atoms with Gasteiger partial charge in [-0.15, -0.1) is 11.3 Å². The van der Waals surface area contributed by atoms with Gasteiger partial charge in [0, 0.05) is 6.54 Å². The van der Waals surface area contributed by atoms with Crippen LogP contribution in [0.25, 0.3) is 10.2 Å². The van der Waals surface area contributed by atoms with Crippen molar-refractivity contribution in [2.24, 2.45) is 0 Å². The van der Waals surface area contributed by atoms with Crippen molar-refractivity contribution in [3.05, 3.63) is 29.3 Å². The van der Waals surface area contributed by atoms with Gasteiger partial charge in [0.05, 0.1) is 22.4 Å². The monoisotopic (exact) mass is 236 g/mol. The summed E-state index contributed by atoms with van der Waals surface area (Å²) >= 11 is 1.70. The third-order valence-corrected chi connectivity index (χ3v) is 3.62. The minimum absolute atomic E-state index is 0.187. The van der Waals surface area contributed by atoms with Crippen molar-refractivity contribution in [1.82, 2.24) is 10.3 Å². The van der Waals surface area contributed by atoms with Crippen LogP contribution in [0, 0.1) is 0 Å². The van der Waals surface area contributed by atoms with Gasteiger partial charge in [0.25, 0.3) is 0 Å². The Kier molecular flexibility index (Phi) is 3.53. The van der Waals surface area contributed by atoms with Crippen LogP contribution < -0.4 is 5.32 Å². The summed E-state index contributed by atoms with van der Waals surface area (Å²) in [5.74, 6) is 0. The first kappa shape index (κ1) is 11.5. The van der Waals surface area contributed by atoms with Gasteiger partial charge in [-0.2, -0.15) is 0 Å². The summed E-state index contributed by atoms with van der Waals surface area (Å²) in [5.41, 5.74) is 1.05. The Labute approximate surface area is 99.1 Å². The van der Waals surface area contributed by atoms with Crippen molar-refractivity contribution < 1.29 is 5.11 Å². The molecule has 0 aliphatic carbocycles. The van der Waals surface area contributed by atoms with Crippen molar-refractivity contribution in [3.63, 3.8) is 0 Å². The topological polar surface area (TPSA) is 45.1 Å². The van der Waals surface area contributed by atoms with E-state index in [0.717, 1.165) is 10.5 Å². The van der Waals surface area contributed by atoms with Crippen molar-refractivity contribution in [3.8, 4) is 0 Å². The lowest BCUT2D eigenvalue weighted by Crippen LogP contribution is -2.26. The zero-order valence-electron chi connectivity index (χ0n) is 9.47. The molecule has 0 spiro atoms. The number of nitrogens with zero attached hydrogens (tertiary/aromatic N) is 1. The van der Waals surface area contributed by atoms with E-state index in [4.69, 9.17) is 0 Å². The smallest absolute Gasteiger partial charge is 0.111 e. The van der Waals surface area contributed by atoms with Crippen LogP contribution in [0.1, 0.15) is 24.9 Å². The van der Waals surface area contributed by atoms with E-state index < -0.39 is 0 Å². The Balaban J connectivity index is 2.13. The van der Waals surface area contributed by atoms with Crippen LogP contribution in [0.2, 0.25) is 0 Å². The number of aliphatic hydroxyl groups is 1. The summed E-state index contributed by atoms with van der Waals surface area (Å²) in [6.45, 7) is 4.44. The first-order valence-electron chi connectivity index (χ1n) is 5.43. The molecule has 2 atom stereocenters. The summed E-state index contributed by atoms with van der Waals surface area (Å²) in [4.78, 5) is 4.56. The van der Waals surface area contributed by atoms with E-state index in [1.165, 1.54) is 4.70 Å². The molecule has 0 saturated carbocycles. The van der Waals surface area contributed by atoms with E-state index in [-0.39, 0.29) is 12.1 Å². The zero-order chi connectivity index (χ0) is 11.5. The highest BCUT2D eigenvalue weighted by atomic mass is 32.1. The molecule has 0 aliphatic heterocycles. The number of aromatic nitrogens is 1. The van der Waals surface area contributed by atoms with Crippen LogP contribution in [0.4, 0.5) is 0 Å². The van der Waals surface area contributed by atoms with Crippen LogP contribution in [-0.4, -0.2) is 22.7 Å². The van der Waals surface area contributed by atoms with Gasteiger partial charge in [-0.1, -0.05) is 12.1 Å². The van der Waals surface area contributed by atoms with Crippen LogP contribution >= 0.6 is 11.3 Å². The molecule has 1 aromatic carbocycles. The Bertz CT molecular complexity index is 434. The lowest BCUT2D eigenvalue weighted by Gasteiger charge is -2.12. The van der Waals surface area contributed by atoms with Gasteiger partial charge >= 0.3 is 0 Å². The molecule has 1 aromatic heterocycles. The molecule has 16 heavy (non-hydrogen) atoms. The summed E-state index contributed by atoms with van der Waals surface area (Å²) in [6, 6.07) is 8.32. The fourth-order valence-electron chi connectivity index (χ4n) is 1.51. The predicted octanol–water partition coefficient (Wildman–Crippen LogP) is 2.33. The number of thiazole rings is 1. The van der Waals surface area contributed by atoms with E-state index in [1.54, 1.807) is 18.3 Å². The Morgan fingerprint density at radius 1 is 1.38 bits per heavy atom. The number of hydrogen-bond acceptors (Lipinski definition) is 4. The van der Waals surface area contributed by atoms with Crippen LogP contribution in [-0.2, 0) is 0 Å². The molecule has 4 heteroatoms. The fourth-order valence-corrected chi connectivity index (χ4v) is 2.50. The molecule has 3 nitrogen and oxygen atoms in total. The molecule has 2 rings (SSSR count). The zero-order valence-corrected chi connectivity index (χ0v) is 10.3. The molecule has 86 valence electrons. The van der Waals surface area contributed by atoms with Gasteiger partial charge in [-0.3, -0.25) is 0 Å². The highest BCUT2D eigenvalue weighted by Crippen LogP contribution is 2.25. The van der Waals surface area contributed by atoms with Crippen LogP contribution in [0.3, 0.4) is 0 Å². The molecule has 2 N–H and O–H groups in total. The summed E-state index contributed by atoms with van der Waals surface area (Å²) < 4.78 is 1.21. The van der Waals surface area contributed by atoms with Crippen molar-refractivity contribution in [2.75, 3.05) is 6.54 Å². The number of fused-ring (bicyclic) bond motifs is 1. The fraction of sp³-hybridized carbons (Fsp3) is 0.417. The number of para-hydroxylation sites is 1. The van der Waals surface area contributed by atoms with Gasteiger partial charge in [0.2, 0.25) is 0 Å². The van der Waals surface area contributed by atoms with Crippen LogP contribution in [0.5, 0.6) is 0 Å². The normalized spacial score (nSPS) is 15.2. The average molecular weight is 236 g/mol. The van der Waals surface area contributed by atoms with Gasteiger partial charge in [0.1, 0.15) is 5.01 Å². The first-order chi connectivity index (χ1) is 7.66. The number of hydrogen-bond donors (Lipinski definition) is 2. The predicted molar refractivity (Wildman–Crippen MR) is 67.7 cm³/mol. The lowest BCUT2D eigenvalue weighted by atomic mass is 10.3. The maximum atomic E-state index is 9.21. The van der Waals surface area contributed by atoms with Gasteiger partial charge in [-0.05, 0) is 26.0 Å². The van der Waals surface area contributed by atoms with Crippen LogP contribution in [0.15, 0.2) is 24.3 Å². The Morgan fingerprint density at radius 3 is 2.81 bits per heavy atom. The minimum atomic E-state index is -0.322. The molecule has 0 bridgehead atoms. The second-order valence-corrected chi connectivity index (χ2v) is 5.06. The number of rotatable bonds is 4. The lowest BCUT2D eigenvalue weighted by molar-refractivity contribution is 0.187. The van der Waals surface area contributed by atoms with Gasteiger partial charge in [0.15, 0.2) is 0 Å². The summed E-state index contributed by atoms with van der Waals surface area (Å²) in [7, 11) is 0. The molecule has 1 unspecified atom stereocenters. The molecule has 2 aromatic rings. The third kappa shape index (κ3) is 2.58. The van der Waals surface area contributed by atoms with Crippen molar-refractivity contribution in [1.29, 1.82) is 0 Å². The Morgan fingerprint density at radius 2 is 2.12 bits per heavy atom. The van der Waals surface area contributed by atoms with Crippen molar-refractivity contribution in [2.45, 2.75) is 26.0 Å². The van der Waals surface area contributed by atoms with E-state index in [2.05, 4.69) is 23.3 Å². The maximum absolute atomic E-state index is 9.21. The van der Waals surface area contributed by atoms with E-state index >= 15 is 0 Å². The second kappa shape index (κ2) is 4.91. The SMILES string of the molecule is CC(NC[C@H](C)O)c1nc2ccccc2s1. The van der Waals surface area contributed by atoms with Gasteiger partial charge in [-0.25, -0.2) is 4.98 Å². The van der Waals surface area contributed by atoms with E-state index in [0.29, 0.717) is 6.54 Å². The molecule has 1 heterocycles. The van der Waals surface area contributed by atoms with Crippen molar-refractivity contribution >= 4 is 21.6 Å². The minimum Gasteiger partial charge on any atom is -0.392 e. The highest BCUT2D eigenvalue weighted by Gasteiger charge is 2.11. The molecular formula is C12H16N2OS. The molecule has 0 radical (unpaired) electrons. The first-order valence-corrected chi connectivity index (χ1v) is 6.25. The van der Waals surface area contributed by atoms with E-state index in [1.807, 2.05) is 18.2 Å². The number of aliphatic hydroxyl groups excluding tert-OH is 1.